The van der Waals surface area contributed by atoms with Crippen molar-refractivity contribution in [1.82, 2.24) is 10.3 Å². The van der Waals surface area contributed by atoms with Gasteiger partial charge in [-0.1, -0.05) is 13.3 Å². The highest BCUT2D eigenvalue weighted by Crippen LogP contribution is 2.19. The lowest BCUT2D eigenvalue weighted by Crippen LogP contribution is -2.38. The highest BCUT2D eigenvalue weighted by atomic mass is 32.1. The highest BCUT2D eigenvalue weighted by molar-refractivity contribution is 7.09. The number of hydrogen-bond donors (Lipinski definition) is 1. The summed E-state index contributed by atoms with van der Waals surface area (Å²) in [6.07, 6.45) is 5.29. The van der Waals surface area contributed by atoms with Crippen LogP contribution in [0.15, 0.2) is 5.38 Å². The highest BCUT2D eigenvalue weighted by Gasteiger charge is 2.17. The normalized spacial score (nSPS) is 18.8. The first-order valence-electron chi connectivity index (χ1n) is 5.88. The largest absolute Gasteiger partial charge is 0.314 e. The predicted molar refractivity (Wildman–Crippen MR) is 65.4 cm³/mol. The summed E-state index contributed by atoms with van der Waals surface area (Å²) in [6.45, 7) is 5.52. The monoisotopic (exact) mass is 224 g/mol. The Hall–Kier alpha value is -0.410. The molecule has 0 bridgehead atoms. The van der Waals surface area contributed by atoms with E-state index in [4.69, 9.17) is 0 Å². The lowest BCUT2D eigenvalue weighted by Gasteiger charge is -2.27. The van der Waals surface area contributed by atoms with E-state index in [1.165, 1.54) is 24.3 Å². The molecular formula is C12H20N2S. The molecular weight excluding hydrogens is 204 g/mol. The molecule has 1 fully saturated rings. The van der Waals surface area contributed by atoms with Gasteiger partial charge < -0.3 is 5.32 Å². The first kappa shape index (κ1) is 11.1. The molecule has 0 saturated heterocycles. The molecule has 0 aromatic carbocycles. The fraction of sp³-hybridized carbons (Fsp3) is 0.750. The minimum Gasteiger partial charge on any atom is -0.314 e. The van der Waals surface area contributed by atoms with E-state index in [-0.39, 0.29) is 0 Å². The molecule has 1 saturated carbocycles. The van der Waals surface area contributed by atoms with Crippen molar-refractivity contribution in [3.05, 3.63) is 16.1 Å². The van der Waals surface area contributed by atoms with E-state index in [0.29, 0.717) is 5.92 Å². The van der Waals surface area contributed by atoms with Gasteiger partial charge in [0.15, 0.2) is 0 Å². The molecule has 1 aliphatic carbocycles. The summed E-state index contributed by atoms with van der Waals surface area (Å²) in [5.74, 6) is 0.705. The molecule has 1 aliphatic rings. The molecule has 1 N–H and O–H groups in total. The van der Waals surface area contributed by atoms with Crippen LogP contribution in [-0.4, -0.2) is 17.6 Å². The average molecular weight is 224 g/mol. The Labute approximate surface area is 96.1 Å². The van der Waals surface area contributed by atoms with Gasteiger partial charge in [0, 0.05) is 23.5 Å². The number of nitrogens with one attached hydrogen (secondary N) is 1. The fourth-order valence-corrected chi connectivity index (χ4v) is 2.78. The van der Waals surface area contributed by atoms with Gasteiger partial charge in [0.25, 0.3) is 0 Å². The van der Waals surface area contributed by atoms with Crippen molar-refractivity contribution >= 4 is 11.3 Å². The summed E-state index contributed by atoms with van der Waals surface area (Å²) >= 11 is 1.79. The van der Waals surface area contributed by atoms with E-state index in [2.05, 4.69) is 29.5 Å². The van der Waals surface area contributed by atoms with Crippen LogP contribution in [0, 0.1) is 12.8 Å². The molecule has 15 heavy (non-hydrogen) atoms. The quantitative estimate of drug-likeness (QED) is 0.832. The van der Waals surface area contributed by atoms with Crippen LogP contribution in [0.2, 0.25) is 0 Å². The summed E-state index contributed by atoms with van der Waals surface area (Å²) in [6, 6.07) is 0.811. The van der Waals surface area contributed by atoms with Crippen LogP contribution in [0.25, 0.3) is 0 Å². The predicted octanol–water partition coefficient (Wildman–Crippen LogP) is 2.77. The Morgan fingerprint density at radius 1 is 1.60 bits per heavy atom. The first-order valence-corrected chi connectivity index (χ1v) is 6.76. The Bertz CT molecular complexity index is 304. The third-order valence-corrected chi connectivity index (χ3v) is 4.04. The van der Waals surface area contributed by atoms with Crippen LogP contribution in [-0.2, 0) is 6.42 Å². The minimum absolute atomic E-state index is 0.705. The Morgan fingerprint density at radius 2 is 2.40 bits per heavy atom. The number of rotatable bonds is 5. The van der Waals surface area contributed by atoms with Crippen LogP contribution >= 0.6 is 11.3 Å². The van der Waals surface area contributed by atoms with Gasteiger partial charge in [-0.3, -0.25) is 0 Å². The molecule has 1 unspecified atom stereocenters. The zero-order chi connectivity index (χ0) is 10.7. The van der Waals surface area contributed by atoms with E-state index in [1.807, 2.05) is 0 Å². The topological polar surface area (TPSA) is 24.9 Å². The molecule has 2 nitrogen and oxygen atoms in total. The maximum atomic E-state index is 4.50. The summed E-state index contributed by atoms with van der Waals surface area (Å²) in [5.41, 5.74) is 1.16. The average Bonchev–Trinajstić information content (AvgIpc) is 2.48. The molecule has 1 atom stereocenters. The van der Waals surface area contributed by atoms with E-state index < -0.39 is 0 Å². The van der Waals surface area contributed by atoms with Crippen molar-refractivity contribution in [2.45, 2.75) is 45.6 Å². The second-order valence-corrected chi connectivity index (χ2v) is 5.67. The van der Waals surface area contributed by atoms with Gasteiger partial charge in [0.2, 0.25) is 0 Å². The van der Waals surface area contributed by atoms with Crippen molar-refractivity contribution in [3.8, 4) is 0 Å². The van der Waals surface area contributed by atoms with E-state index in [1.54, 1.807) is 11.3 Å². The number of aromatic nitrogens is 1. The van der Waals surface area contributed by atoms with Crippen molar-refractivity contribution in [3.63, 3.8) is 0 Å². The maximum absolute atomic E-state index is 4.50. The number of hydrogen-bond acceptors (Lipinski definition) is 3. The molecule has 3 heteroatoms. The number of thiazole rings is 1. The maximum Gasteiger partial charge on any atom is 0.0931 e. The number of nitrogens with zero attached hydrogens (tertiary/aromatic N) is 1. The van der Waals surface area contributed by atoms with Crippen molar-refractivity contribution < 1.29 is 0 Å². The molecule has 1 heterocycles. The lowest BCUT2D eigenvalue weighted by atomic mass is 9.92. The summed E-state index contributed by atoms with van der Waals surface area (Å²) in [4.78, 5) is 4.50. The molecule has 1 aromatic rings. The molecule has 0 radical (unpaired) electrons. The van der Waals surface area contributed by atoms with Gasteiger partial charge in [-0.25, -0.2) is 4.98 Å². The molecule has 0 amide bonds. The molecule has 0 aliphatic heterocycles. The van der Waals surface area contributed by atoms with Crippen LogP contribution in [0.1, 0.15) is 36.9 Å². The van der Waals surface area contributed by atoms with Gasteiger partial charge in [0.1, 0.15) is 0 Å². The van der Waals surface area contributed by atoms with Gasteiger partial charge in [-0.2, -0.15) is 0 Å². The number of aryl methyl sites for hydroxylation is 1. The van der Waals surface area contributed by atoms with E-state index in [0.717, 1.165) is 24.7 Å². The summed E-state index contributed by atoms with van der Waals surface area (Å²) in [5, 5.41) is 7.05. The standard InChI is InChI=1S/C12H20N2S/c1-9(7-13-11-4-3-5-11)6-12-14-10(2)8-15-12/h8-9,11,13H,3-7H2,1-2H3. The van der Waals surface area contributed by atoms with Crippen LogP contribution in [0.4, 0.5) is 0 Å². The smallest absolute Gasteiger partial charge is 0.0931 e. The lowest BCUT2D eigenvalue weighted by molar-refractivity contribution is 0.320. The Balaban J connectivity index is 1.69. The zero-order valence-electron chi connectivity index (χ0n) is 9.62. The van der Waals surface area contributed by atoms with Crippen LogP contribution in [0.3, 0.4) is 0 Å². The summed E-state index contributed by atoms with van der Waals surface area (Å²) < 4.78 is 0. The van der Waals surface area contributed by atoms with Crippen LogP contribution < -0.4 is 5.32 Å². The van der Waals surface area contributed by atoms with Gasteiger partial charge in [-0.15, -0.1) is 11.3 Å². The zero-order valence-corrected chi connectivity index (χ0v) is 10.4. The molecule has 1 aromatic heterocycles. The third kappa shape index (κ3) is 3.28. The SMILES string of the molecule is Cc1csc(CC(C)CNC2CCC2)n1. The second kappa shape index (κ2) is 5.08. The van der Waals surface area contributed by atoms with Crippen molar-refractivity contribution in [1.29, 1.82) is 0 Å². The second-order valence-electron chi connectivity index (χ2n) is 4.73. The molecule has 84 valence electrons. The molecule has 2 rings (SSSR count). The summed E-state index contributed by atoms with van der Waals surface area (Å²) in [7, 11) is 0. The molecule has 0 spiro atoms. The van der Waals surface area contributed by atoms with E-state index in [9.17, 15) is 0 Å². The third-order valence-electron chi connectivity index (χ3n) is 3.05. The van der Waals surface area contributed by atoms with Gasteiger partial charge >= 0.3 is 0 Å². The van der Waals surface area contributed by atoms with E-state index >= 15 is 0 Å². The first-order chi connectivity index (χ1) is 7.24. The fourth-order valence-electron chi connectivity index (χ4n) is 1.85. The van der Waals surface area contributed by atoms with Gasteiger partial charge in [-0.05, 0) is 32.2 Å². The van der Waals surface area contributed by atoms with Crippen molar-refractivity contribution in [2.75, 3.05) is 6.54 Å². The van der Waals surface area contributed by atoms with Crippen LogP contribution in [0.5, 0.6) is 0 Å². The Kier molecular flexibility index (Phi) is 3.76. The minimum atomic E-state index is 0.705. The Morgan fingerprint density at radius 3 is 2.93 bits per heavy atom. The van der Waals surface area contributed by atoms with Crippen molar-refractivity contribution in [2.24, 2.45) is 5.92 Å². The van der Waals surface area contributed by atoms with Gasteiger partial charge in [0.05, 0.1) is 5.01 Å².